The van der Waals surface area contributed by atoms with Crippen LogP contribution in [0.3, 0.4) is 0 Å². The molecule has 1 saturated carbocycles. The lowest BCUT2D eigenvalue weighted by molar-refractivity contribution is -0.120. The zero-order chi connectivity index (χ0) is 11.1. The molecule has 4 heteroatoms. The van der Waals surface area contributed by atoms with E-state index in [-0.39, 0.29) is 12.5 Å². The Morgan fingerprint density at radius 2 is 2.20 bits per heavy atom. The van der Waals surface area contributed by atoms with Gasteiger partial charge in [0, 0.05) is 19.7 Å². The van der Waals surface area contributed by atoms with E-state index >= 15 is 0 Å². The van der Waals surface area contributed by atoms with E-state index < -0.39 is 0 Å². The normalized spacial score (nSPS) is 17.5. The quantitative estimate of drug-likeness (QED) is 0.543. The van der Waals surface area contributed by atoms with Gasteiger partial charge < -0.3 is 15.7 Å². The minimum atomic E-state index is 0.0663. The SMILES string of the molecule is CCCNC(=O)CNCC1(CCO)CC1. The molecule has 0 heterocycles. The van der Waals surface area contributed by atoms with Gasteiger partial charge in [-0.1, -0.05) is 6.92 Å². The Hall–Kier alpha value is -0.610. The van der Waals surface area contributed by atoms with E-state index in [2.05, 4.69) is 10.6 Å². The van der Waals surface area contributed by atoms with Crippen LogP contribution < -0.4 is 10.6 Å². The molecule has 4 nitrogen and oxygen atoms in total. The van der Waals surface area contributed by atoms with Gasteiger partial charge in [-0.15, -0.1) is 0 Å². The second kappa shape index (κ2) is 6.08. The number of rotatable bonds is 8. The predicted molar refractivity (Wildman–Crippen MR) is 59.5 cm³/mol. The molecule has 0 spiro atoms. The average molecular weight is 214 g/mol. The van der Waals surface area contributed by atoms with Crippen molar-refractivity contribution in [3.05, 3.63) is 0 Å². The first-order chi connectivity index (χ1) is 7.22. The molecule has 1 amide bonds. The van der Waals surface area contributed by atoms with Gasteiger partial charge in [-0.2, -0.15) is 0 Å². The smallest absolute Gasteiger partial charge is 0.233 e. The first-order valence-corrected chi connectivity index (χ1v) is 5.81. The second-order valence-corrected chi connectivity index (χ2v) is 4.43. The second-order valence-electron chi connectivity index (χ2n) is 4.43. The zero-order valence-corrected chi connectivity index (χ0v) is 9.51. The van der Waals surface area contributed by atoms with Crippen LogP contribution in [0.4, 0.5) is 0 Å². The predicted octanol–water partition coefficient (Wildman–Crippen LogP) is 0.265. The molecule has 1 aliphatic carbocycles. The maximum atomic E-state index is 11.2. The standard InChI is InChI=1S/C11H22N2O2/c1-2-6-13-10(15)8-12-9-11(3-4-11)5-7-14/h12,14H,2-9H2,1H3,(H,13,15). The Morgan fingerprint density at radius 1 is 1.47 bits per heavy atom. The summed E-state index contributed by atoms with van der Waals surface area (Å²) in [6, 6.07) is 0. The van der Waals surface area contributed by atoms with Crippen molar-refractivity contribution < 1.29 is 9.90 Å². The van der Waals surface area contributed by atoms with Crippen molar-refractivity contribution in [1.82, 2.24) is 10.6 Å². The summed E-state index contributed by atoms with van der Waals surface area (Å²) in [7, 11) is 0. The molecule has 0 aliphatic heterocycles. The first-order valence-electron chi connectivity index (χ1n) is 5.81. The molecule has 1 aliphatic rings. The van der Waals surface area contributed by atoms with Crippen LogP contribution in [0.1, 0.15) is 32.6 Å². The van der Waals surface area contributed by atoms with Gasteiger partial charge in [0.1, 0.15) is 0 Å². The fraction of sp³-hybridized carbons (Fsp3) is 0.909. The average Bonchev–Trinajstić information content (AvgIpc) is 2.96. The lowest BCUT2D eigenvalue weighted by Gasteiger charge is -2.14. The van der Waals surface area contributed by atoms with E-state index in [1.807, 2.05) is 6.92 Å². The van der Waals surface area contributed by atoms with Crippen LogP contribution >= 0.6 is 0 Å². The lowest BCUT2D eigenvalue weighted by Crippen LogP contribution is -2.36. The Kier molecular flexibility index (Phi) is 5.05. The van der Waals surface area contributed by atoms with Gasteiger partial charge in [0.25, 0.3) is 0 Å². The molecule has 1 fully saturated rings. The molecule has 88 valence electrons. The molecular formula is C11H22N2O2. The molecule has 15 heavy (non-hydrogen) atoms. The zero-order valence-electron chi connectivity index (χ0n) is 9.51. The Balaban J connectivity index is 2.03. The van der Waals surface area contributed by atoms with Gasteiger partial charge >= 0.3 is 0 Å². The molecule has 0 aromatic carbocycles. The molecule has 0 aromatic heterocycles. The Morgan fingerprint density at radius 3 is 2.73 bits per heavy atom. The van der Waals surface area contributed by atoms with Crippen molar-refractivity contribution in [2.45, 2.75) is 32.6 Å². The molecule has 0 saturated heterocycles. The summed E-state index contributed by atoms with van der Waals surface area (Å²) < 4.78 is 0. The van der Waals surface area contributed by atoms with Crippen molar-refractivity contribution in [2.24, 2.45) is 5.41 Å². The third-order valence-electron chi connectivity index (χ3n) is 2.96. The number of carbonyl (C=O) groups is 1. The highest BCUT2D eigenvalue weighted by Gasteiger charge is 2.41. The summed E-state index contributed by atoms with van der Waals surface area (Å²) >= 11 is 0. The third kappa shape index (κ3) is 4.62. The first kappa shape index (κ1) is 12.5. The summed E-state index contributed by atoms with van der Waals surface area (Å²) in [5.74, 6) is 0.0663. The molecule has 0 unspecified atom stereocenters. The van der Waals surface area contributed by atoms with Crippen LogP contribution in [0.2, 0.25) is 0 Å². The topological polar surface area (TPSA) is 61.4 Å². The van der Waals surface area contributed by atoms with Crippen molar-refractivity contribution in [3.63, 3.8) is 0 Å². The van der Waals surface area contributed by atoms with Crippen LogP contribution in [0.25, 0.3) is 0 Å². The van der Waals surface area contributed by atoms with Gasteiger partial charge in [-0.05, 0) is 31.1 Å². The molecular weight excluding hydrogens is 192 g/mol. The molecule has 3 N–H and O–H groups in total. The van der Waals surface area contributed by atoms with Crippen LogP contribution in [-0.2, 0) is 4.79 Å². The number of nitrogens with one attached hydrogen (secondary N) is 2. The summed E-state index contributed by atoms with van der Waals surface area (Å²) in [4.78, 5) is 11.2. The van der Waals surface area contributed by atoms with Crippen LogP contribution in [0.15, 0.2) is 0 Å². The number of carbonyl (C=O) groups excluding carboxylic acids is 1. The van der Waals surface area contributed by atoms with Crippen molar-refractivity contribution in [3.8, 4) is 0 Å². The number of hydrogen-bond acceptors (Lipinski definition) is 3. The number of aliphatic hydroxyl groups is 1. The van der Waals surface area contributed by atoms with E-state index in [4.69, 9.17) is 5.11 Å². The molecule has 1 rings (SSSR count). The van der Waals surface area contributed by atoms with Gasteiger partial charge in [0.05, 0.1) is 6.54 Å². The highest BCUT2D eigenvalue weighted by atomic mass is 16.3. The van der Waals surface area contributed by atoms with Gasteiger partial charge in [-0.3, -0.25) is 4.79 Å². The monoisotopic (exact) mass is 214 g/mol. The highest BCUT2D eigenvalue weighted by molar-refractivity contribution is 5.77. The molecule has 0 aromatic rings. The van der Waals surface area contributed by atoms with Gasteiger partial charge in [0.15, 0.2) is 0 Å². The van der Waals surface area contributed by atoms with Gasteiger partial charge in [-0.25, -0.2) is 0 Å². The van der Waals surface area contributed by atoms with Crippen LogP contribution in [0, 0.1) is 5.41 Å². The summed E-state index contributed by atoms with van der Waals surface area (Å²) in [5, 5.41) is 14.8. The lowest BCUT2D eigenvalue weighted by atomic mass is 10.0. The van der Waals surface area contributed by atoms with E-state index in [0.29, 0.717) is 12.0 Å². The number of aliphatic hydroxyl groups excluding tert-OH is 1. The fourth-order valence-corrected chi connectivity index (χ4v) is 1.70. The Bertz CT molecular complexity index is 203. The van der Waals surface area contributed by atoms with Crippen molar-refractivity contribution in [2.75, 3.05) is 26.2 Å². The van der Waals surface area contributed by atoms with Crippen LogP contribution in [-0.4, -0.2) is 37.3 Å². The van der Waals surface area contributed by atoms with E-state index in [1.54, 1.807) is 0 Å². The minimum Gasteiger partial charge on any atom is -0.396 e. The maximum Gasteiger partial charge on any atom is 0.233 e. The van der Waals surface area contributed by atoms with E-state index in [1.165, 1.54) is 12.8 Å². The third-order valence-corrected chi connectivity index (χ3v) is 2.96. The minimum absolute atomic E-state index is 0.0663. The summed E-state index contributed by atoms with van der Waals surface area (Å²) in [5.41, 5.74) is 0.291. The molecule has 0 atom stereocenters. The molecule has 0 bridgehead atoms. The Labute approximate surface area is 91.4 Å². The largest absolute Gasteiger partial charge is 0.396 e. The summed E-state index contributed by atoms with van der Waals surface area (Å²) in [6.07, 6.45) is 4.19. The fourth-order valence-electron chi connectivity index (χ4n) is 1.70. The van der Waals surface area contributed by atoms with Gasteiger partial charge in [0.2, 0.25) is 5.91 Å². The van der Waals surface area contributed by atoms with Crippen molar-refractivity contribution >= 4 is 5.91 Å². The number of hydrogen-bond donors (Lipinski definition) is 3. The van der Waals surface area contributed by atoms with E-state index in [0.717, 1.165) is 25.9 Å². The summed E-state index contributed by atoms with van der Waals surface area (Å²) in [6.45, 7) is 4.29. The van der Waals surface area contributed by atoms with E-state index in [9.17, 15) is 4.79 Å². The van der Waals surface area contributed by atoms with Crippen molar-refractivity contribution in [1.29, 1.82) is 0 Å². The molecule has 0 radical (unpaired) electrons. The number of amides is 1. The maximum absolute atomic E-state index is 11.2. The highest BCUT2D eigenvalue weighted by Crippen LogP contribution is 2.47. The van der Waals surface area contributed by atoms with Crippen LogP contribution in [0.5, 0.6) is 0 Å².